The normalized spacial score (nSPS) is 17.3. The lowest BCUT2D eigenvalue weighted by molar-refractivity contribution is -0.132. The molecule has 7 nitrogen and oxygen atoms in total. The first-order chi connectivity index (χ1) is 15.9. The van der Waals surface area contributed by atoms with E-state index in [9.17, 15) is 14.7 Å². The van der Waals surface area contributed by atoms with Crippen molar-refractivity contribution in [1.29, 1.82) is 0 Å². The minimum atomic E-state index is -0.797. The molecule has 1 unspecified atom stereocenters. The van der Waals surface area contributed by atoms with E-state index in [1.165, 1.54) is 30.5 Å². The molecule has 1 aliphatic heterocycles. The molecular weight excluding hydrogens is 442 g/mol. The van der Waals surface area contributed by atoms with Crippen molar-refractivity contribution >= 4 is 34.5 Å². The van der Waals surface area contributed by atoms with E-state index in [4.69, 9.17) is 14.2 Å². The van der Waals surface area contributed by atoms with E-state index in [0.717, 1.165) is 10.4 Å². The van der Waals surface area contributed by atoms with Gasteiger partial charge in [-0.05, 0) is 66.4 Å². The average Bonchev–Trinajstić information content (AvgIpc) is 3.38. The predicted octanol–water partition coefficient (Wildman–Crippen LogP) is 4.71. The summed E-state index contributed by atoms with van der Waals surface area (Å²) in [6.07, 6.45) is 0. The topological polar surface area (TPSA) is 85.3 Å². The second-order valence-corrected chi connectivity index (χ2v) is 8.35. The number of hydrogen-bond donors (Lipinski definition) is 1. The fourth-order valence-electron chi connectivity index (χ4n) is 3.90. The fourth-order valence-corrected chi connectivity index (χ4v) is 4.92. The largest absolute Gasteiger partial charge is 0.507 e. The van der Waals surface area contributed by atoms with Gasteiger partial charge in [0.05, 0.1) is 32.5 Å². The van der Waals surface area contributed by atoms with Gasteiger partial charge in [-0.3, -0.25) is 14.5 Å². The van der Waals surface area contributed by atoms with Crippen molar-refractivity contribution in [2.24, 2.45) is 0 Å². The number of aliphatic hydroxyl groups excluding tert-OH is 1. The van der Waals surface area contributed by atoms with Crippen LogP contribution in [0.15, 0.2) is 59.5 Å². The number of carbonyl (C=O) groups is 2. The summed E-state index contributed by atoms with van der Waals surface area (Å²) in [4.78, 5) is 28.7. The number of aryl methyl sites for hydroxylation is 1. The quantitative estimate of drug-likeness (QED) is 0.322. The molecule has 1 N–H and O–H groups in total. The lowest BCUT2D eigenvalue weighted by Gasteiger charge is -2.25. The smallest absolute Gasteiger partial charge is 0.300 e. The molecule has 0 saturated carbocycles. The van der Waals surface area contributed by atoms with Gasteiger partial charge < -0.3 is 19.3 Å². The molecule has 0 bridgehead atoms. The van der Waals surface area contributed by atoms with Crippen LogP contribution in [0.25, 0.3) is 5.76 Å². The van der Waals surface area contributed by atoms with Gasteiger partial charge in [0.25, 0.3) is 11.7 Å². The number of carbonyl (C=O) groups excluding carboxylic acids is 2. The maximum absolute atomic E-state index is 13.3. The average molecular weight is 466 g/mol. The molecule has 0 radical (unpaired) electrons. The maximum atomic E-state index is 13.3. The number of ether oxygens (including phenoxy) is 3. The first kappa shape index (κ1) is 22.4. The zero-order chi connectivity index (χ0) is 23.7. The fraction of sp³-hybridized carbons (Fsp3) is 0.200. The molecule has 2 heterocycles. The van der Waals surface area contributed by atoms with Gasteiger partial charge in [-0.15, -0.1) is 11.3 Å². The highest BCUT2D eigenvalue weighted by Crippen LogP contribution is 2.46. The Bertz CT molecular complexity index is 1240. The van der Waals surface area contributed by atoms with Crippen LogP contribution in [0, 0.1) is 6.92 Å². The van der Waals surface area contributed by atoms with Crippen LogP contribution < -0.4 is 19.1 Å². The van der Waals surface area contributed by atoms with Crippen LogP contribution in [0.5, 0.6) is 17.2 Å². The van der Waals surface area contributed by atoms with Crippen LogP contribution in [0.4, 0.5) is 5.69 Å². The van der Waals surface area contributed by atoms with Gasteiger partial charge in [0.2, 0.25) is 0 Å². The Balaban J connectivity index is 1.96. The van der Waals surface area contributed by atoms with Crippen molar-refractivity contribution in [3.8, 4) is 17.2 Å². The molecule has 2 aromatic carbocycles. The van der Waals surface area contributed by atoms with Crippen molar-refractivity contribution in [2.45, 2.75) is 13.0 Å². The molecule has 3 aromatic rings. The van der Waals surface area contributed by atoms with Crippen LogP contribution in [0.2, 0.25) is 0 Å². The monoisotopic (exact) mass is 465 g/mol. The van der Waals surface area contributed by atoms with E-state index < -0.39 is 17.7 Å². The molecule has 1 aliphatic rings. The Morgan fingerprint density at radius 3 is 2.18 bits per heavy atom. The number of aliphatic hydroxyl groups is 1. The van der Waals surface area contributed by atoms with Gasteiger partial charge in [0, 0.05) is 10.6 Å². The third-order valence-electron chi connectivity index (χ3n) is 5.61. The highest BCUT2D eigenvalue weighted by molar-refractivity contribution is 7.10. The number of nitrogens with zero attached hydrogens (tertiary/aromatic N) is 1. The standard InChI is InChI=1S/C25H23NO6S/c1-14-11-12-33-24(14)21-20(22(27)18-13-17(31-3)9-10-19(18)32-4)23(28)25(29)26(21)15-5-7-16(30-2)8-6-15/h5-13,21,27H,1-4H3/b22-20+. The summed E-state index contributed by atoms with van der Waals surface area (Å²) in [5, 5.41) is 13.3. The molecule has 33 heavy (non-hydrogen) atoms. The molecule has 0 spiro atoms. The van der Waals surface area contributed by atoms with Gasteiger partial charge in [-0.2, -0.15) is 0 Å². The predicted molar refractivity (Wildman–Crippen MR) is 126 cm³/mol. The molecule has 8 heteroatoms. The van der Waals surface area contributed by atoms with Crippen molar-refractivity contribution in [3.05, 3.63) is 75.5 Å². The number of hydrogen-bond acceptors (Lipinski definition) is 7. The molecule has 1 fully saturated rings. The number of benzene rings is 2. The third-order valence-corrected chi connectivity index (χ3v) is 6.68. The summed E-state index contributed by atoms with van der Waals surface area (Å²) in [6, 6.07) is 12.9. The Labute approximate surface area is 195 Å². The number of ketones is 1. The van der Waals surface area contributed by atoms with Gasteiger partial charge in [0.1, 0.15) is 29.0 Å². The van der Waals surface area contributed by atoms with E-state index in [0.29, 0.717) is 22.9 Å². The lowest BCUT2D eigenvalue weighted by atomic mass is 9.97. The summed E-state index contributed by atoms with van der Waals surface area (Å²) in [5.74, 6) is -0.359. The molecule has 1 saturated heterocycles. The molecule has 1 atom stereocenters. The number of methoxy groups -OCH3 is 3. The first-order valence-corrected chi connectivity index (χ1v) is 11.0. The SMILES string of the molecule is COc1ccc(N2C(=O)C(=O)/C(=C(/O)c3cc(OC)ccc3OC)C2c2sccc2C)cc1. The van der Waals surface area contributed by atoms with Gasteiger partial charge in [-0.1, -0.05) is 0 Å². The number of amides is 1. The van der Waals surface area contributed by atoms with E-state index in [1.54, 1.807) is 49.6 Å². The van der Waals surface area contributed by atoms with Crippen molar-refractivity contribution < 1.29 is 28.9 Å². The van der Waals surface area contributed by atoms with Crippen molar-refractivity contribution in [1.82, 2.24) is 0 Å². The minimum absolute atomic E-state index is 0.00655. The summed E-state index contributed by atoms with van der Waals surface area (Å²) < 4.78 is 15.9. The van der Waals surface area contributed by atoms with Crippen LogP contribution in [-0.2, 0) is 9.59 Å². The van der Waals surface area contributed by atoms with Gasteiger partial charge in [-0.25, -0.2) is 0 Å². The van der Waals surface area contributed by atoms with Gasteiger partial charge >= 0.3 is 0 Å². The molecule has 170 valence electrons. The molecule has 1 amide bonds. The zero-order valence-corrected chi connectivity index (χ0v) is 19.4. The Kier molecular flexibility index (Phi) is 6.11. The molecule has 1 aromatic heterocycles. The van der Waals surface area contributed by atoms with E-state index in [2.05, 4.69) is 0 Å². The molecule has 0 aliphatic carbocycles. The van der Waals surface area contributed by atoms with Crippen LogP contribution in [0.3, 0.4) is 0 Å². The van der Waals surface area contributed by atoms with Crippen LogP contribution >= 0.6 is 11.3 Å². The minimum Gasteiger partial charge on any atom is -0.507 e. The Morgan fingerprint density at radius 1 is 0.939 bits per heavy atom. The van der Waals surface area contributed by atoms with Crippen molar-refractivity contribution in [2.75, 3.05) is 26.2 Å². The third kappa shape index (κ3) is 3.82. The van der Waals surface area contributed by atoms with Crippen LogP contribution in [0.1, 0.15) is 22.0 Å². The Hall–Kier alpha value is -3.78. The van der Waals surface area contributed by atoms with E-state index in [1.807, 2.05) is 18.4 Å². The number of Topliss-reactive ketones (excluding diaryl/α,β-unsaturated/α-hetero) is 1. The summed E-state index contributed by atoms with van der Waals surface area (Å²) in [6.45, 7) is 1.91. The second-order valence-electron chi connectivity index (χ2n) is 7.40. The number of thiophene rings is 1. The van der Waals surface area contributed by atoms with E-state index in [-0.39, 0.29) is 16.9 Å². The Morgan fingerprint density at radius 2 is 1.61 bits per heavy atom. The zero-order valence-electron chi connectivity index (χ0n) is 18.6. The summed E-state index contributed by atoms with van der Waals surface area (Å²) in [7, 11) is 4.52. The summed E-state index contributed by atoms with van der Waals surface area (Å²) >= 11 is 1.42. The maximum Gasteiger partial charge on any atom is 0.300 e. The summed E-state index contributed by atoms with van der Waals surface area (Å²) in [5.41, 5.74) is 1.69. The van der Waals surface area contributed by atoms with Crippen LogP contribution in [-0.4, -0.2) is 38.1 Å². The lowest BCUT2D eigenvalue weighted by Crippen LogP contribution is -2.29. The van der Waals surface area contributed by atoms with E-state index >= 15 is 0 Å². The second kappa shape index (κ2) is 8.99. The van der Waals surface area contributed by atoms with Gasteiger partial charge in [0.15, 0.2) is 0 Å². The number of anilines is 1. The highest BCUT2D eigenvalue weighted by Gasteiger charge is 2.48. The number of rotatable bonds is 6. The molecule has 4 rings (SSSR count). The first-order valence-electron chi connectivity index (χ1n) is 10.1. The molecular formula is C25H23NO6S. The van der Waals surface area contributed by atoms with Crippen molar-refractivity contribution in [3.63, 3.8) is 0 Å². The highest BCUT2D eigenvalue weighted by atomic mass is 32.1.